The third-order valence-electron chi connectivity index (χ3n) is 4.77. The maximum Gasteiger partial charge on any atom is 0.181 e. The lowest BCUT2D eigenvalue weighted by atomic mass is 10.2. The van der Waals surface area contributed by atoms with Crippen molar-refractivity contribution in [3.8, 4) is 17.1 Å². The molecule has 1 unspecified atom stereocenters. The van der Waals surface area contributed by atoms with Crippen LogP contribution in [0.3, 0.4) is 0 Å². The number of fused-ring (bicyclic) bond motifs is 2. The fourth-order valence-electron chi connectivity index (χ4n) is 3.33. The Morgan fingerprint density at radius 2 is 1.89 bits per heavy atom. The molecule has 1 atom stereocenters. The van der Waals surface area contributed by atoms with Crippen LogP contribution in [-0.4, -0.2) is 21.1 Å². The van der Waals surface area contributed by atoms with Crippen LogP contribution in [0, 0.1) is 0 Å². The number of aromatic nitrogens is 2. The summed E-state index contributed by atoms with van der Waals surface area (Å²) in [5, 5.41) is 0. The van der Waals surface area contributed by atoms with Gasteiger partial charge in [0.25, 0.3) is 0 Å². The molecule has 4 aromatic rings. The van der Waals surface area contributed by atoms with Gasteiger partial charge in [-0.05, 0) is 48.5 Å². The van der Waals surface area contributed by atoms with Crippen molar-refractivity contribution in [2.24, 2.45) is 0 Å². The average molecular weight is 391 g/mol. The molecule has 1 aliphatic heterocycles. The van der Waals surface area contributed by atoms with Gasteiger partial charge in [0.1, 0.15) is 11.6 Å². The number of aromatic amines is 1. The van der Waals surface area contributed by atoms with Crippen LogP contribution in [-0.2, 0) is 21.0 Å². The van der Waals surface area contributed by atoms with Gasteiger partial charge < -0.3 is 14.3 Å². The Morgan fingerprint density at radius 3 is 2.71 bits per heavy atom. The predicted octanol–water partition coefficient (Wildman–Crippen LogP) is 4.18. The Balaban J connectivity index is 1.39. The average Bonchev–Trinajstić information content (AvgIpc) is 3.34. The number of hydrogen-bond donors (Lipinski definition) is 2. The van der Waals surface area contributed by atoms with E-state index in [1.807, 2.05) is 36.4 Å². The van der Waals surface area contributed by atoms with Crippen molar-refractivity contribution in [1.29, 1.82) is 0 Å². The zero-order valence-electron chi connectivity index (χ0n) is 14.8. The maximum absolute atomic E-state index is 12.7. The van der Waals surface area contributed by atoms with Gasteiger partial charge >= 0.3 is 0 Å². The first-order valence-electron chi connectivity index (χ1n) is 8.92. The first-order valence-corrected chi connectivity index (χ1v) is 10.4. The highest BCUT2D eigenvalue weighted by Crippen LogP contribution is 2.30. The highest BCUT2D eigenvalue weighted by molar-refractivity contribution is 7.98. The second kappa shape index (κ2) is 6.47. The van der Waals surface area contributed by atoms with Gasteiger partial charge in [-0.15, -0.1) is 0 Å². The van der Waals surface area contributed by atoms with Gasteiger partial charge in [0.05, 0.1) is 23.3 Å². The minimum atomic E-state index is -3.66. The normalized spacial score (nSPS) is 15.0. The molecule has 0 saturated heterocycles. The smallest absolute Gasteiger partial charge is 0.181 e. The highest BCUT2D eigenvalue weighted by atomic mass is 32.3. The summed E-state index contributed by atoms with van der Waals surface area (Å²) in [6.07, 6.45) is 0.727. The van der Waals surface area contributed by atoms with Crippen molar-refractivity contribution in [3.05, 3.63) is 72.3 Å². The minimum Gasteiger partial charge on any atom is -0.588 e. The second-order valence-electron chi connectivity index (χ2n) is 6.65. The fourth-order valence-corrected chi connectivity index (χ4v) is 4.44. The minimum absolute atomic E-state index is 0.234. The maximum atomic E-state index is 12.7. The van der Waals surface area contributed by atoms with E-state index < -0.39 is 10.4 Å². The summed E-state index contributed by atoms with van der Waals surface area (Å²) in [6.45, 7) is 0.593. The van der Waals surface area contributed by atoms with Crippen LogP contribution in [0.15, 0.2) is 71.6 Å². The Hall–Kier alpha value is -3.16. The van der Waals surface area contributed by atoms with Gasteiger partial charge in [0, 0.05) is 23.6 Å². The largest absolute Gasteiger partial charge is 0.588 e. The third kappa shape index (κ3) is 3.04. The standard InChI is InChI=1S/C21H17N3O3S/c25-28(26,17-9-10-20-15(13-17)11-12-27-20)24-16-7-5-14(6-8-16)21-22-18-3-1-2-4-19(18)23-21/h1-10,13H,11-12H2,(H2-,22,23,24,25,26). The van der Waals surface area contributed by atoms with E-state index in [9.17, 15) is 8.76 Å². The lowest BCUT2D eigenvalue weighted by Crippen LogP contribution is -2.21. The van der Waals surface area contributed by atoms with Crippen LogP contribution < -0.4 is 9.46 Å². The Kier molecular flexibility index (Phi) is 3.92. The van der Waals surface area contributed by atoms with Crippen LogP contribution in [0.5, 0.6) is 5.75 Å². The number of nitrogens with one attached hydrogen (secondary N) is 2. The molecule has 5 rings (SSSR count). The van der Waals surface area contributed by atoms with E-state index in [-0.39, 0.29) is 4.90 Å². The Bertz CT molecular complexity index is 1180. The van der Waals surface area contributed by atoms with Gasteiger partial charge in [-0.1, -0.05) is 16.3 Å². The number of sulfonamides is 1. The summed E-state index contributed by atoms with van der Waals surface area (Å²) >= 11 is 0. The van der Waals surface area contributed by atoms with Crippen molar-refractivity contribution < 1.29 is 13.5 Å². The number of imidazole rings is 1. The third-order valence-corrected chi connectivity index (χ3v) is 6.15. The zero-order chi connectivity index (χ0) is 19.1. The van der Waals surface area contributed by atoms with Crippen LogP contribution in [0.2, 0.25) is 0 Å². The summed E-state index contributed by atoms with van der Waals surface area (Å²) in [6, 6.07) is 19.9. The first-order chi connectivity index (χ1) is 13.6. The molecule has 28 heavy (non-hydrogen) atoms. The van der Waals surface area contributed by atoms with Crippen LogP contribution in [0.25, 0.3) is 22.4 Å². The molecule has 0 amide bonds. The summed E-state index contributed by atoms with van der Waals surface area (Å²) in [7, 11) is -3.66. The number of H-pyrrole nitrogens is 1. The molecule has 0 aliphatic carbocycles. The molecule has 1 aromatic heterocycles. The lowest BCUT2D eigenvalue weighted by molar-refractivity contribution is 0.356. The van der Waals surface area contributed by atoms with E-state index in [1.165, 1.54) is 0 Å². The van der Waals surface area contributed by atoms with Gasteiger partial charge in [-0.25, -0.2) is 9.71 Å². The zero-order valence-corrected chi connectivity index (χ0v) is 15.7. The second-order valence-corrected chi connectivity index (χ2v) is 8.34. The van der Waals surface area contributed by atoms with Crippen molar-refractivity contribution in [2.75, 3.05) is 11.3 Å². The van der Waals surface area contributed by atoms with E-state index in [0.717, 1.165) is 40.2 Å². The molecule has 0 spiro atoms. The van der Waals surface area contributed by atoms with Gasteiger partial charge in [0.2, 0.25) is 0 Å². The number of anilines is 1. The number of benzene rings is 3. The summed E-state index contributed by atoms with van der Waals surface area (Å²) in [4.78, 5) is 8.06. The molecule has 2 N–H and O–H groups in total. The molecule has 0 fully saturated rings. The van der Waals surface area contributed by atoms with E-state index in [2.05, 4.69) is 14.7 Å². The van der Waals surface area contributed by atoms with Gasteiger partial charge in [0.15, 0.2) is 15.3 Å². The Labute approximate surface area is 163 Å². The van der Waals surface area contributed by atoms with Crippen molar-refractivity contribution in [3.63, 3.8) is 0 Å². The molecule has 0 bridgehead atoms. The molecular weight excluding hydrogens is 374 g/mol. The molecule has 6 nitrogen and oxygen atoms in total. The molecule has 0 saturated carbocycles. The van der Waals surface area contributed by atoms with Gasteiger partial charge in [-0.3, -0.25) is 0 Å². The number of para-hydroxylation sites is 2. The number of ether oxygens (including phenoxy) is 1. The topological polar surface area (TPSA) is 90.1 Å². The van der Waals surface area contributed by atoms with Crippen molar-refractivity contribution in [2.45, 2.75) is 11.3 Å². The van der Waals surface area contributed by atoms with E-state index in [1.54, 1.807) is 30.3 Å². The van der Waals surface area contributed by atoms with Crippen LogP contribution in [0.4, 0.5) is 5.69 Å². The number of rotatable bonds is 4. The molecule has 1 aliphatic rings. The summed E-state index contributed by atoms with van der Waals surface area (Å²) < 4.78 is 33.5. The van der Waals surface area contributed by atoms with E-state index in [4.69, 9.17) is 4.74 Å². The Morgan fingerprint density at radius 1 is 1.07 bits per heavy atom. The SMILES string of the molecule is O=[S+]([O-])(Nc1ccc(-c2nc3ccccc3[nH]2)cc1)c1ccc2c(c1)CCO2. The lowest BCUT2D eigenvalue weighted by Gasteiger charge is -2.16. The molecule has 0 radical (unpaired) electrons. The van der Waals surface area contributed by atoms with Gasteiger partial charge in [-0.2, -0.15) is 0 Å². The first kappa shape index (κ1) is 17.0. The molecular formula is C21H17N3O3S. The van der Waals surface area contributed by atoms with Crippen molar-refractivity contribution in [1.82, 2.24) is 9.97 Å². The quantitative estimate of drug-likeness (QED) is 0.511. The summed E-state index contributed by atoms with van der Waals surface area (Å²) in [5.41, 5.74) is 4.15. The molecule has 2 heterocycles. The summed E-state index contributed by atoms with van der Waals surface area (Å²) in [5.74, 6) is 1.50. The highest BCUT2D eigenvalue weighted by Gasteiger charge is 2.24. The van der Waals surface area contributed by atoms with E-state index >= 15 is 0 Å². The molecule has 140 valence electrons. The van der Waals surface area contributed by atoms with Crippen molar-refractivity contribution >= 4 is 27.1 Å². The number of nitrogens with zero attached hydrogens (tertiary/aromatic N) is 1. The van der Waals surface area contributed by atoms with Crippen LogP contribution >= 0.6 is 0 Å². The fraction of sp³-hybridized carbons (Fsp3) is 0.0952. The predicted molar refractivity (Wildman–Crippen MR) is 108 cm³/mol. The number of hydrogen-bond acceptors (Lipinski definition) is 4. The van der Waals surface area contributed by atoms with Crippen LogP contribution in [0.1, 0.15) is 5.56 Å². The monoisotopic (exact) mass is 391 g/mol. The van der Waals surface area contributed by atoms with E-state index in [0.29, 0.717) is 12.3 Å². The molecule has 7 heteroatoms. The molecule has 3 aromatic carbocycles.